The number of hydrogen-bond donors (Lipinski definition) is 1. The molecular formula is C12H17NO3S. The Kier molecular flexibility index (Phi) is 4.72. The quantitative estimate of drug-likeness (QED) is 0.623. The van der Waals surface area contributed by atoms with Crippen molar-refractivity contribution in [2.45, 2.75) is 18.2 Å². The largest absolute Gasteiger partial charge is 0.495 e. The van der Waals surface area contributed by atoms with Gasteiger partial charge < -0.3 is 4.74 Å². The molecule has 1 N–H and O–H groups in total. The Bertz CT molecular complexity index is 494. The van der Waals surface area contributed by atoms with Crippen LogP contribution in [0.2, 0.25) is 0 Å². The molecule has 0 atom stereocenters. The first-order valence-electron chi connectivity index (χ1n) is 5.26. The molecule has 0 unspecified atom stereocenters. The van der Waals surface area contributed by atoms with Gasteiger partial charge in [0, 0.05) is 6.54 Å². The van der Waals surface area contributed by atoms with Gasteiger partial charge >= 0.3 is 0 Å². The molecule has 0 bridgehead atoms. The molecule has 0 amide bonds. The minimum absolute atomic E-state index is 0.170. The SMILES string of the molecule is C=CCCNS(=O)(=O)c1cc(C)ccc1OC. The van der Waals surface area contributed by atoms with Crippen LogP contribution in [0.25, 0.3) is 0 Å². The maximum Gasteiger partial charge on any atom is 0.244 e. The van der Waals surface area contributed by atoms with E-state index < -0.39 is 10.0 Å². The summed E-state index contributed by atoms with van der Waals surface area (Å²) in [6.07, 6.45) is 2.25. The van der Waals surface area contributed by atoms with Gasteiger partial charge in [-0.05, 0) is 31.0 Å². The van der Waals surface area contributed by atoms with Crippen LogP contribution in [0.1, 0.15) is 12.0 Å². The van der Waals surface area contributed by atoms with E-state index in [1.54, 1.807) is 18.2 Å². The van der Waals surface area contributed by atoms with Crippen molar-refractivity contribution in [1.82, 2.24) is 4.72 Å². The molecule has 0 saturated heterocycles. The van der Waals surface area contributed by atoms with E-state index in [1.165, 1.54) is 7.11 Å². The van der Waals surface area contributed by atoms with E-state index in [-0.39, 0.29) is 4.90 Å². The second kappa shape index (κ2) is 5.84. The highest BCUT2D eigenvalue weighted by atomic mass is 32.2. The number of sulfonamides is 1. The molecule has 94 valence electrons. The number of benzene rings is 1. The Morgan fingerprint density at radius 3 is 2.76 bits per heavy atom. The Hall–Kier alpha value is -1.33. The maximum atomic E-state index is 12.0. The minimum Gasteiger partial charge on any atom is -0.495 e. The summed E-state index contributed by atoms with van der Waals surface area (Å²) >= 11 is 0. The van der Waals surface area contributed by atoms with Gasteiger partial charge in [0.2, 0.25) is 10.0 Å². The molecule has 1 aromatic rings. The fourth-order valence-electron chi connectivity index (χ4n) is 1.37. The fraction of sp³-hybridized carbons (Fsp3) is 0.333. The van der Waals surface area contributed by atoms with Crippen LogP contribution < -0.4 is 9.46 Å². The monoisotopic (exact) mass is 255 g/mol. The molecule has 17 heavy (non-hydrogen) atoms. The van der Waals surface area contributed by atoms with Gasteiger partial charge in [0.1, 0.15) is 10.6 Å². The van der Waals surface area contributed by atoms with E-state index in [0.717, 1.165) is 5.56 Å². The highest BCUT2D eigenvalue weighted by Crippen LogP contribution is 2.24. The number of hydrogen-bond acceptors (Lipinski definition) is 3. The zero-order valence-corrected chi connectivity index (χ0v) is 10.9. The maximum absolute atomic E-state index is 12.0. The van der Waals surface area contributed by atoms with Crippen LogP contribution >= 0.6 is 0 Å². The topological polar surface area (TPSA) is 55.4 Å². The molecule has 0 saturated carbocycles. The van der Waals surface area contributed by atoms with Crippen molar-refractivity contribution >= 4 is 10.0 Å². The van der Waals surface area contributed by atoms with Crippen LogP contribution in [0.15, 0.2) is 35.7 Å². The third-order valence-corrected chi connectivity index (χ3v) is 3.73. The molecule has 4 nitrogen and oxygen atoms in total. The van der Waals surface area contributed by atoms with Gasteiger partial charge in [-0.3, -0.25) is 0 Å². The number of nitrogens with one attached hydrogen (secondary N) is 1. The zero-order chi connectivity index (χ0) is 12.9. The summed E-state index contributed by atoms with van der Waals surface area (Å²) in [5.41, 5.74) is 0.870. The third kappa shape index (κ3) is 3.57. The van der Waals surface area contributed by atoms with E-state index in [9.17, 15) is 8.42 Å². The predicted octanol–water partition coefficient (Wildman–Crippen LogP) is 1.86. The summed E-state index contributed by atoms with van der Waals surface area (Å²) in [5, 5.41) is 0. The van der Waals surface area contributed by atoms with E-state index in [2.05, 4.69) is 11.3 Å². The van der Waals surface area contributed by atoms with Crippen molar-refractivity contribution in [3.8, 4) is 5.75 Å². The summed E-state index contributed by atoms with van der Waals surface area (Å²) in [6, 6.07) is 5.05. The number of aryl methyl sites for hydroxylation is 1. The molecule has 0 fully saturated rings. The van der Waals surface area contributed by atoms with Crippen molar-refractivity contribution in [3.63, 3.8) is 0 Å². The standard InChI is InChI=1S/C12H17NO3S/c1-4-5-8-13-17(14,15)12-9-10(2)6-7-11(12)16-3/h4,6-7,9,13H,1,5,8H2,2-3H3. The van der Waals surface area contributed by atoms with Crippen LogP contribution in [0.5, 0.6) is 5.75 Å². The first-order chi connectivity index (χ1) is 8.01. The zero-order valence-electron chi connectivity index (χ0n) is 10.1. The van der Waals surface area contributed by atoms with Crippen molar-refractivity contribution in [2.24, 2.45) is 0 Å². The van der Waals surface area contributed by atoms with Crippen LogP contribution in [-0.4, -0.2) is 22.1 Å². The summed E-state index contributed by atoms with van der Waals surface area (Å²) in [4.78, 5) is 0.170. The highest BCUT2D eigenvalue weighted by molar-refractivity contribution is 7.89. The lowest BCUT2D eigenvalue weighted by molar-refractivity contribution is 0.402. The van der Waals surface area contributed by atoms with Gasteiger partial charge in [0.05, 0.1) is 7.11 Å². The van der Waals surface area contributed by atoms with Gasteiger partial charge in [-0.15, -0.1) is 6.58 Å². The minimum atomic E-state index is -3.52. The fourth-order valence-corrected chi connectivity index (χ4v) is 2.67. The third-order valence-electron chi connectivity index (χ3n) is 2.25. The second-order valence-corrected chi connectivity index (χ2v) is 5.36. The summed E-state index contributed by atoms with van der Waals surface area (Å²) < 4.78 is 31.6. The lowest BCUT2D eigenvalue weighted by Gasteiger charge is -2.10. The van der Waals surface area contributed by atoms with Gasteiger partial charge in [0.25, 0.3) is 0 Å². The van der Waals surface area contributed by atoms with E-state index in [0.29, 0.717) is 18.7 Å². The second-order valence-electron chi connectivity index (χ2n) is 3.63. The summed E-state index contributed by atoms with van der Waals surface area (Å²) in [5.74, 6) is 0.349. The molecule has 0 radical (unpaired) electrons. The van der Waals surface area contributed by atoms with Gasteiger partial charge in [-0.1, -0.05) is 12.1 Å². The van der Waals surface area contributed by atoms with Gasteiger partial charge in [-0.2, -0.15) is 0 Å². The molecule has 1 aromatic carbocycles. The van der Waals surface area contributed by atoms with Crippen LogP contribution in [0, 0.1) is 6.92 Å². The molecule has 1 rings (SSSR count). The molecule has 0 aliphatic carbocycles. The van der Waals surface area contributed by atoms with E-state index in [4.69, 9.17) is 4.74 Å². The van der Waals surface area contributed by atoms with Crippen LogP contribution in [0.4, 0.5) is 0 Å². The van der Waals surface area contributed by atoms with Crippen molar-refractivity contribution in [1.29, 1.82) is 0 Å². The predicted molar refractivity (Wildman–Crippen MR) is 67.7 cm³/mol. The van der Waals surface area contributed by atoms with E-state index >= 15 is 0 Å². The van der Waals surface area contributed by atoms with Crippen molar-refractivity contribution in [2.75, 3.05) is 13.7 Å². The summed E-state index contributed by atoms with van der Waals surface area (Å²) in [7, 11) is -2.07. The van der Waals surface area contributed by atoms with Crippen LogP contribution in [0.3, 0.4) is 0 Å². The molecule has 0 heterocycles. The normalized spacial score (nSPS) is 11.2. The Morgan fingerprint density at radius 2 is 2.18 bits per heavy atom. The number of methoxy groups -OCH3 is 1. The Labute approximate surface area is 102 Å². The van der Waals surface area contributed by atoms with Crippen molar-refractivity contribution < 1.29 is 13.2 Å². The molecule has 5 heteroatoms. The van der Waals surface area contributed by atoms with Gasteiger partial charge in [0.15, 0.2) is 0 Å². The van der Waals surface area contributed by atoms with Crippen LogP contribution in [-0.2, 0) is 10.0 Å². The summed E-state index contributed by atoms with van der Waals surface area (Å²) in [6.45, 7) is 5.71. The molecular weight excluding hydrogens is 238 g/mol. The first kappa shape index (κ1) is 13.7. The first-order valence-corrected chi connectivity index (χ1v) is 6.75. The highest BCUT2D eigenvalue weighted by Gasteiger charge is 2.18. The Morgan fingerprint density at radius 1 is 1.47 bits per heavy atom. The molecule has 0 aliphatic heterocycles. The number of ether oxygens (including phenoxy) is 1. The van der Waals surface area contributed by atoms with E-state index in [1.807, 2.05) is 13.0 Å². The molecule has 0 aliphatic rings. The van der Waals surface area contributed by atoms with Gasteiger partial charge in [-0.25, -0.2) is 13.1 Å². The lowest BCUT2D eigenvalue weighted by atomic mass is 10.2. The molecule has 0 spiro atoms. The average molecular weight is 255 g/mol. The Balaban J connectivity index is 3.04. The van der Waals surface area contributed by atoms with Crippen molar-refractivity contribution in [3.05, 3.63) is 36.4 Å². The smallest absolute Gasteiger partial charge is 0.244 e. The molecule has 0 aromatic heterocycles. The lowest BCUT2D eigenvalue weighted by Crippen LogP contribution is -2.25. The number of rotatable bonds is 6. The average Bonchev–Trinajstić information content (AvgIpc) is 2.29.